The molecule has 4 heteroatoms. The van der Waals surface area contributed by atoms with Gasteiger partial charge in [0.05, 0.1) is 7.11 Å². The van der Waals surface area contributed by atoms with Gasteiger partial charge in [0.2, 0.25) is 0 Å². The Morgan fingerprint density at radius 2 is 2.38 bits per heavy atom. The molecule has 0 radical (unpaired) electrons. The van der Waals surface area contributed by atoms with Crippen LogP contribution in [0.15, 0.2) is 0 Å². The highest BCUT2D eigenvalue weighted by Gasteiger charge is 1.98. The molecule has 0 atom stereocenters. The maximum atomic E-state index is 10.4. The van der Waals surface area contributed by atoms with Crippen molar-refractivity contribution in [2.75, 3.05) is 14.2 Å². The number of hydrogen-bond acceptors (Lipinski definition) is 2. The van der Waals surface area contributed by atoms with Gasteiger partial charge in [0.25, 0.3) is 5.91 Å². The Bertz CT molecular complexity index is 104. The van der Waals surface area contributed by atoms with Crippen molar-refractivity contribution in [1.29, 1.82) is 0 Å². The van der Waals surface area contributed by atoms with Crippen LogP contribution in [-0.4, -0.2) is 30.9 Å². The van der Waals surface area contributed by atoms with Crippen molar-refractivity contribution in [2.24, 2.45) is 0 Å². The van der Waals surface area contributed by atoms with Crippen LogP contribution in [0.3, 0.4) is 0 Å². The second-order valence-corrected chi connectivity index (χ2v) is 1.45. The summed E-state index contributed by atoms with van der Waals surface area (Å²) in [6.07, 6.45) is 0. The second-order valence-electron chi connectivity index (χ2n) is 1.16. The molecule has 0 saturated heterocycles. The molecule has 0 spiro atoms. The molecule has 0 rings (SSSR count). The smallest absolute Gasteiger partial charge is 0.273 e. The Morgan fingerprint density at radius 3 is 2.50 bits per heavy atom. The van der Waals surface area contributed by atoms with Crippen molar-refractivity contribution in [3.05, 3.63) is 0 Å². The monoisotopic (exact) mass is 133 g/mol. The van der Waals surface area contributed by atoms with Crippen molar-refractivity contribution in [2.45, 2.75) is 0 Å². The first-order valence-electron chi connectivity index (χ1n) is 2.04. The van der Waals surface area contributed by atoms with Gasteiger partial charge in [-0.05, 0) is 0 Å². The summed E-state index contributed by atoms with van der Waals surface area (Å²) in [5, 5.41) is 1.10. The average Bonchev–Trinajstić information content (AvgIpc) is 1.84. The molecule has 0 aliphatic heterocycles. The highest BCUT2D eigenvalue weighted by atomic mass is 31.0. The summed E-state index contributed by atoms with van der Waals surface area (Å²) >= 11 is 0. The van der Waals surface area contributed by atoms with Gasteiger partial charge >= 0.3 is 0 Å². The van der Waals surface area contributed by atoms with E-state index in [0.29, 0.717) is 0 Å². The van der Waals surface area contributed by atoms with E-state index in [1.54, 1.807) is 0 Å². The summed E-state index contributed by atoms with van der Waals surface area (Å²) in [4.78, 5) is 15.0. The first-order chi connectivity index (χ1) is 3.72. The molecule has 0 N–H and O–H groups in total. The van der Waals surface area contributed by atoms with Crippen LogP contribution in [0.5, 0.6) is 0 Å². The van der Waals surface area contributed by atoms with Crippen molar-refractivity contribution < 1.29 is 9.63 Å². The van der Waals surface area contributed by atoms with Crippen LogP contribution in [0.25, 0.3) is 0 Å². The Morgan fingerprint density at radius 1 is 1.88 bits per heavy atom. The van der Waals surface area contributed by atoms with E-state index in [9.17, 15) is 4.79 Å². The van der Waals surface area contributed by atoms with Gasteiger partial charge < -0.3 is 0 Å². The zero-order valence-corrected chi connectivity index (χ0v) is 5.84. The van der Waals surface area contributed by atoms with Gasteiger partial charge in [-0.25, -0.2) is 5.06 Å². The Kier molecular flexibility index (Phi) is 3.40. The minimum atomic E-state index is -0.218. The lowest BCUT2D eigenvalue weighted by atomic mass is 10.7. The van der Waals surface area contributed by atoms with Crippen molar-refractivity contribution in [3.63, 3.8) is 0 Å². The van der Waals surface area contributed by atoms with Crippen LogP contribution in [-0.2, 0) is 9.63 Å². The summed E-state index contributed by atoms with van der Waals surface area (Å²) in [7, 11) is 5.86. The third-order valence-electron chi connectivity index (χ3n) is 0.708. The molecule has 0 unspecified atom stereocenters. The van der Waals surface area contributed by atoms with Crippen molar-refractivity contribution in [1.82, 2.24) is 5.06 Å². The van der Waals surface area contributed by atoms with Gasteiger partial charge in [-0.2, -0.15) is 0 Å². The SMILES string of the molecule is CON(C)C(=O)C=P. The highest BCUT2D eigenvalue weighted by molar-refractivity contribution is 7.22. The van der Waals surface area contributed by atoms with Crippen LogP contribution >= 0.6 is 8.86 Å². The van der Waals surface area contributed by atoms with E-state index in [0.717, 1.165) is 5.06 Å². The number of carbonyl (C=O) groups is 1. The van der Waals surface area contributed by atoms with E-state index in [4.69, 9.17) is 0 Å². The molecule has 0 fully saturated rings. The van der Waals surface area contributed by atoms with E-state index in [-0.39, 0.29) is 5.91 Å². The number of nitrogens with zero attached hydrogens (tertiary/aromatic N) is 1. The average molecular weight is 133 g/mol. The first-order valence-corrected chi connectivity index (χ1v) is 2.62. The first kappa shape index (κ1) is 7.60. The lowest BCUT2D eigenvalue weighted by Gasteiger charge is -2.08. The van der Waals surface area contributed by atoms with Gasteiger partial charge in [0, 0.05) is 12.8 Å². The minimum Gasteiger partial charge on any atom is -0.274 e. The fourth-order valence-corrected chi connectivity index (χ4v) is 0.363. The van der Waals surface area contributed by atoms with E-state index in [2.05, 4.69) is 13.7 Å². The molecule has 0 aliphatic rings. The Hall–Kier alpha value is -0.400. The zero-order chi connectivity index (χ0) is 6.57. The standard InChI is InChI=1S/C4H8NO2P/c1-5(7-2)4(6)3-8/h3,8H,1-2H3. The molecule has 46 valence electrons. The van der Waals surface area contributed by atoms with Gasteiger partial charge in [-0.15, -0.1) is 8.86 Å². The summed E-state index contributed by atoms with van der Waals surface area (Å²) in [6, 6.07) is 0. The third kappa shape index (κ3) is 2.05. The van der Waals surface area contributed by atoms with E-state index in [1.165, 1.54) is 20.0 Å². The number of rotatable bonds is 2. The molecule has 0 aromatic heterocycles. The third-order valence-corrected chi connectivity index (χ3v) is 0.955. The van der Waals surface area contributed by atoms with Crippen LogP contribution < -0.4 is 0 Å². The molecule has 0 aromatic rings. The molecule has 0 aromatic carbocycles. The summed E-state index contributed by atoms with van der Waals surface area (Å²) in [6.45, 7) is 0. The predicted octanol–water partition coefficient (Wildman–Crippen LogP) is -0.0488. The number of hydroxylamine groups is 2. The van der Waals surface area contributed by atoms with Gasteiger partial charge in [0.1, 0.15) is 0 Å². The van der Waals surface area contributed by atoms with Gasteiger partial charge in [-0.3, -0.25) is 9.63 Å². The summed E-state index contributed by atoms with van der Waals surface area (Å²) in [5.74, 6) is 1.02. The number of amides is 1. The van der Waals surface area contributed by atoms with Crippen LogP contribution in [0.2, 0.25) is 0 Å². The molecule has 1 amide bonds. The molecule has 3 nitrogen and oxygen atoms in total. The molecule has 8 heavy (non-hydrogen) atoms. The fraction of sp³-hybridized carbons (Fsp3) is 0.500. The van der Waals surface area contributed by atoms with E-state index in [1.807, 2.05) is 0 Å². The normalized spacial score (nSPS) is 8.25. The fourth-order valence-electron chi connectivity index (χ4n) is 0.181. The number of carbonyl (C=O) groups excluding carboxylic acids is 1. The zero-order valence-electron chi connectivity index (χ0n) is 4.84. The largest absolute Gasteiger partial charge is 0.274 e. The quantitative estimate of drug-likeness (QED) is 0.390. The maximum absolute atomic E-state index is 10.4. The van der Waals surface area contributed by atoms with Crippen LogP contribution in [0.4, 0.5) is 0 Å². The molecule has 0 saturated carbocycles. The second kappa shape index (κ2) is 3.58. The van der Waals surface area contributed by atoms with Gasteiger partial charge in [-0.1, -0.05) is 0 Å². The minimum absolute atomic E-state index is 0.218. The topological polar surface area (TPSA) is 29.5 Å². The molecule has 0 heterocycles. The maximum Gasteiger partial charge on any atom is 0.273 e. The van der Waals surface area contributed by atoms with Crippen LogP contribution in [0, 0.1) is 0 Å². The lowest BCUT2D eigenvalue weighted by Crippen LogP contribution is -2.25. The molecule has 0 aliphatic carbocycles. The van der Waals surface area contributed by atoms with E-state index >= 15 is 0 Å². The van der Waals surface area contributed by atoms with Gasteiger partial charge in [0.15, 0.2) is 0 Å². The molecular weight excluding hydrogens is 125 g/mol. The van der Waals surface area contributed by atoms with Crippen LogP contribution in [0.1, 0.15) is 0 Å². The van der Waals surface area contributed by atoms with Crippen molar-refractivity contribution in [3.8, 4) is 0 Å². The van der Waals surface area contributed by atoms with Crippen molar-refractivity contribution >= 4 is 20.6 Å². The molecular formula is C4H8NO2P. The lowest BCUT2D eigenvalue weighted by molar-refractivity contribution is -0.159. The molecule has 0 bridgehead atoms. The highest BCUT2D eigenvalue weighted by Crippen LogP contribution is 1.79. The number of hydrogen-bond donors (Lipinski definition) is 0. The Balaban J connectivity index is 3.62. The summed E-state index contributed by atoms with van der Waals surface area (Å²) < 4.78 is 0. The van der Waals surface area contributed by atoms with E-state index < -0.39 is 0 Å². The summed E-state index contributed by atoms with van der Waals surface area (Å²) in [5.41, 5.74) is 0. The predicted molar refractivity (Wildman–Crippen MR) is 34.2 cm³/mol. The Labute approximate surface area is 50.4 Å².